The first-order chi connectivity index (χ1) is 16.6. The third kappa shape index (κ3) is 3.21. The van der Waals surface area contributed by atoms with Crippen LogP contribution in [-0.2, 0) is 16.1 Å². The lowest BCUT2D eigenvalue weighted by atomic mass is 9.94. The number of pyridine rings is 1. The molecule has 1 amide bonds. The van der Waals surface area contributed by atoms with Crippen LogP contribution >= 0.6 is 0 Å². The highest BCUT2D eigenvalue weighted by molar-refractivity contribution is 6.46. The summed E-state index contributed by atoms with van der Waals surface area (Å²) in [7, 11) is 0. The van der Waals surface area contributed by atoms with Crippen LogP contribution < -0.4 is 18.9 Å². The molecule has 3 aliphatic heterocycles. The van der Waals surface area contributed by atoms with Crippen molar-refractivity contribution in [2.24, 2.45) is 0 Å². The third-order valence-electron chi connectivity index (χ3n) is 6.00. The predicted octanol–water partition coefficient (Wildman–Crippen LogP) is 3.16. The molecule has 1 N–H and O–H groups in total. The van der Waals surface area contributed by atoms with Crippen molar-refractivity contribution in [2.75, 3.05) is 13.6 Å². The van der Waals surface area contributed by atoms with Crippen LogP contribution in [0.15, 0.2) is 66.5 Å². The van der Waals surface area contributed by atoms with Crippen molar-refractivity contribution in [2.45, 2.75) is 12.6 Å². The molecule has 0 saturated carbocycles. The number of aromatic nitrogens is 1. The molecule has 34 heavy (non-hydrogen) atoms. The van der Waals surface area contributed by atoms with Crippen LogP contribution in [0.1, 0.15) is 22.7 Å². The fraction of sp³-hybridized carbons (Fsp3) is 0.160. The van der Waals surface area contributed by atoms with E-state index in [1.54, 1.807) is 60.9 Å². The molecule has 0 bridgehead atoms. The van der Waals surface area contributed by atoms with Gasteiger partial charge in [-0.25, -0.2) is 0 Å². The van der Waals surface area contributed by atoms with E-state index in [0.29, 0.717) is 34.1 Å². The zero-order valence-corrected chi connectivity index (χ0v) is 17.8. The molecule has 1 atom stereocenters. The van der Waals surface area contributed by atoms with Gasteiger partial charge in [-0.2, -0.15) is 0 Å². The Hall–Kier alpha value is -4.53. The van der Waals surface area contributed by atoms with Crippen LogP contribution in [0, 0.1) is 0 Å². The van der Waals surface area contributed by atoms with Gasteiger partial charge in [-0.15, -0.1) is 0 Å². The number of likely N-dealkylation sites (tertiary alicyclic amines) is 1. The van der Waals surface area contributed by atoms with E-state index in [4.69, 9.17) is 18.9 Å². The van der Waals surface area contributed by atoms with Crippen molar-refractivity contribution in [1.82, 2.24) is 9.88 Å². The summed E-state index contributed by atoms with van der Waals surface area (Å²) in [5, 5.41) is 11.3. The molecule has 3 aliphatic rings. The number of benzene rings is 2. The Morgan fingerprint density at radius 3 is 2.26 bits per heavy atom. The summed E-state index contributed by atoms with van der Waals surface area (Å²) in [4.78, 5) is 31.9. The zero-order valence-electron chi connectivity index (χ0n) is 17.8. The van der Waals surface area contributed by atoms with E-state index in [-0.39, 0.29) is 31.5 Å². The van der Waals surface area contributed by atoms with E-state index in [1.165, 1.54) is 4.90 Å². The lowest BCUT2D eigenvalue weighted by Crippen LogP contribution is -2.29. The largest absolute Gasteiger partial charge is 0.507 e. The minimum Gasteiger partial charge on any atom is -0.507 e. The molecule has 0 spiro atoms. The van der Waals surface area contributed by atoms with Crippen LogP contribution in [0.3, 0.4) is 0 Å². The number of Topliss-reactive ketones (excluding diaryl/α,β-unsaturated/α-hetero) is 1. The molecule has 6 rings (SSSR count). The zero-order chi connectivity index (χ0) is 23.2. The van der Waals surface area contributed by atoms with E-state index in [0.717, 1.165) is 5.56 Å². The van der Waals surface area contributed by atoms with Crippen LogP contribution in [0.25, 0.3) is 5.76 Å². The molecule has 3 aromatic rings. The number of amides is 1. The van der Waals surface area contributed by atoms with Crippen LogP contribution in [0.5, 0.6) is 23.0 Å². The number of rotatable bonds is 4. The monoisotopic (exact) mass is 458 g/mol. The molecular weight excluding hydrogens is 440 g/mol. The average Bonchev–Trinajstić information content (AvgIpc) is 3.58. The van der Waals surface area contributed by atoms with Crippen LogP contribution in [0.2, 0.25) is 0 Å². The normalized spacial score (nSPS) is 19.6. The molecule has 1 saturated heterocycles. The number of aliphatic hydroxyl groups excluding tert-OH is 1. The van der Waals surface area contributed by atoms with E-state index < -0.39 is 17.7 Å². The molecule has 170 valence electrons. The Kier molecular flexibility index (Phi) is 4.61. The number of aliphatic hydroxyl groups is 1. The molecule has 2 aromatic carbocycles. The van der Waals surface area contributed by atoms with Gasteiger partial charge < -0.3 is 29.0 Å². The van der Waals surface area contributed by atoms with Crippen molar-refractivity contribution < 1.29 is 33.6 Å². The molecule has 0 radical (unpaired) electrons. The minimum atomic E-state index is -0.840. The van der Waals surface area contributed by atoms with E-state index in [2.05, 4.69) is 4.98 Å². The molecule has 1 fully saturated rings. The standard InChI is InChI=1S/C25H18N2O7/c28-23(16-2-4-18-20(10-16)34-13-32-18)21-22(15-1-3-17-19(9-15)33-12-31-17)27(25(30)24(21)29)11-14-5-7-26-8-6-14/h1-10,22,28H,11-13H2/t22-/m1/s1. The summed E-state index contributed by atoms with van der Waals surface area (Å²) >= 11 is 0. The fourth-order valence-electron chi connectivity index (χ4n) is 4.36. The molecule has 0 unspecified atom stereocenters. The summed E-state index contributed by atoms with van der Waals surface area (Å²) in [5.74, 6) is 0.308. The Bertz CT molecular complexity index is 1350. The summed E-state index contributed by atoms with van der Waals surface area (Å²) < 4.78 is 21.7. The molecule has 9 nitrogen and oxygen atoms in total. The first-order valence-electron chi connectivity index (χ1n) is 10.6. The molecule has 0 aliphatic carbocycles. The maximum Gasteiger partial charge on any atom is 0.295 e. The summed E-state index contributed by atoms with van der Waals surface area (Å²) in [5.41, 5.74) is 1.74. The van der Waals surface area contributed by atoms with Gasteiger partial charge in [0.15, 0.2) is 23.0 Å². The average molecular weight is 458 g/mol. The lowest BCUT2D eigenvalue weighted by Gasteiger charge is -2.25. The molecular formula is C25H18N2O7. The van der Waals surface area contributed by atoms with Gasteiger partial charge in [0.25, 0.3) is 11.7 Å². The summed E-state index contributed by atoms with van der Waals surface area (Å²) in [6.45, 7) is 0.324. The van der Waals surface area contributed by atoms with Crippen molar-refractivity contribution in [3.8, 4) is 23.0 Å². The number of carbonyl (C=O) groups is 2. The number of ether oxygens (including phenoxy) is 4. The van der Waals surface area contributed by atoms with E-state index >= 15 is 0 Å². The quantitative estimate of drug-likeness (QED) is 0.361. The van der Waals surface area contributed by atoms with Gasteiger partial charge in [0.2, 0.25) is 13.6 Å². The first-order valence-corrected chi connectivity index (χ1v) is 10.6. The Morgan fingerprint density at radius 1 is 0.882 bits per heavy atom. The maximum absolute atomic E-state index is 13.2. The van der Waals surface area contributed by atoms with Gasteiger partial charge >= 0.3 is 0 Å². The van der Waals surface area contributed by atoms with Crippen molar-refractivity contribution in [3.05, 3.63) is 83.2 Å². The van der Waals surface area contributed by atoms with Gasteiger partial charge in [-0.3, -0.25) is 14.6 Å². The number of carbonyl (C=O) groups excluding carboxylic acids is 2. The molecule has 1 aromatic heterocycles. The predicted molar refractivity (Wildman–Crippen MR) is 117 cm³/mol. The highest BCUT2D eigenvalue weighted by Gasteiger charge is 2.46. The third-order valence-corrected chi connectivity index (χ3v) is 6.00. The highest BCUT2D eigenvalue weighted by atomic mass is 16.7. The number of hydrogen-bond acceptors (Lipinski definition) is 8. The van der Waals surface area contributed by atoms with E-state index in [9.17, 15) is 14.7 Å². The number of hydrogen-bond donors (Lipinski definition) is 1. The molecule has 4 heterocycles. The van der Waals surface area contributed by atoms with E-state index in [1.807, 2.05) is 0 Å². The summed E-state index contributed by atoms with van der Waals surface area (Å²) in [6, 6.07) is 12.8. The minimum absolute atomic E-state index is 0.0169. The second-order valence-corrected chi connectivity index (χ2v) is 7.96. The van der Waals surface area contributed by atoms with Crippen molar-refractivity contribution in [1.29, 1.82) is 0 Å². The first kappa shape index (κ1) is 20.1. The Morgan fingerprint density at radius 2 is 1.53 bits per heavy atom. The van der Waals surface area contributed by atoms with Gasteiger partial charge in [0.1, 0.15) is 5.76 Å². The number of nitrogens with zero attached hydrogens (tertiary/aromatic N) is 2. The summed E-state index contributed by atoms with van der Waals surface area (Å²) in [6.07, 6.45) is 3.24. The van der Waals surface area contributed by atoms with Crippen molar-refractivity contribution >= 4 is 17.4 Å². The lowest BCUT2D eigenvalue weighted by molar-refractivity contribution is -0.140. The number of ketones is 1. The van der Waals surface area contributed by atoms with Gasteiger partial charge in [0.05, 0.1) is 11.6 Å². The topological polar surface area (TPSA) is 107 Å². The fourth-order valence-corrected chi connectivity index (χ4v) is 4.36. The Labute approximate surface area is 193 Å². The number of fused-ring (bicyclic) bond motifs is 2. The molecule has 9 heteroatoms. The van der Waals surface area contributed by atoms with Gasteiger partial charge in [-0.05, 0) is 53.6 Å². The van der Waals surface area contributed by atoms with Crippen molar-refractivity contribution in [3.63, 3.8) is 0 Å². The highest BCUT2D eigenvalue weighted by Crippen LogP contribution is 2.44. The smallest absolute Gasteiger partial charge is 0.295 e. The Balaban J connectivity index is 1.49. The van der Waals surface area contributed by atoms with Crippen LogP contribution in [-0.4, -0.2) is 40.3 Å². The maximum atomic E-state index is 13.2. The van der Waals surface area contributed by atoms with Gasteiger partial charge in [-0.1, -0.05) is 6.07 Å². The SMILES string of the molecule is O=C1C(=O)N(Cc2ccncc2)[C@H](c2ccc3c(c2)OCO3)C1=C(O)c1ccc2c(c1)OCO2. The van der Waals surface area contributed by atoms with Gasteiger partial charge in [0, 0.05) is 24.5 Å². The second-order valence-electron chi connectivity index (χ2n) is 7.96. The second kappa shape index (κ2) is 7.80. The van der Waals surface area contributed by atoms with Crippen LogP contribution in [0.4, 0.5) is 0 Å².